The molecular formula is C10H16O2. The van der Waals surface area contributed by atoms with Crippen LogP contribution in [0.1, 0.15) is 32.1 Å². The Hall–Kier alpha value is -0.630. The molecule has 1 heterocycles. The summed E-state index contributed by atoms with van der Waals surface area (Å²) in [6.07, 6.45) is 6.22. The Morgan fingerprint density at radius 1 is 1.67 bits per heavy atom. The molecule has 2 nitrogen and oxygen atoms in total. The topological polar surface area (TPSA) is 26.3 Å². The van der Waals surface area contributed by atoms with Gasteiger partial charge in [-0.25, -0.2) is 0 Å². The largest absolute Gasteiger partial charge is 0.370 e. The average molecular weight is 168 g/mol. The molecule has 0 aliphatic carbocycles. The highest BCUT2D eigenvalue weighted by Gasteiger charge is 2.22. The van der Waals surface area contributed by atoms with Gasteiger partial charge in [-0.3, -0.25) is 4.79 Å². The molecule has 12 heavy (non-hydrogen) atoms. The lowest BCUT2D eigenvalue weighted by Crippen LogP contribution is -2.18. The molecule has 1 fully saturated rings. The minimum absolute atomic E-state index is 0.0881. The number of carbonyl (C=O) groups excluding carboxylic acids is 1. The summed E-state index contributed by atoms with van der Waals surface area (Å²) in [6, 6.07) is 0. The molecule has 0 spiro atoms. The summed E-state index contributed by atoms with van der Waals surface area (Å²) in [4.78, 5) is 11.4. The van der Waals surface area contributed by atoms with Crippen LogP contribution < -0.4 is 0 Å². The Bertz CT molecular complexity index is 157. The van der Waals surface area contributed by atoms with Gasteiger partial charge >= 0.3 is 0 Å². The maximum Gasteiger partial charge on any atom is 0.161 e. The van der Waals surface area contributed by atoms with Gasteiger partial charge in [0.05, 0.1) is 0 Å². The predicted octanol–water partition coefficient (Wildman–Crippen LogP) is 2.09. The summed E-state index contributed by atoms with van der Waals surface area (Å²) in [7, 11) is 0. The van der Waals surface area contributed by atoms with Crippen molar-refractivity contribution in [1.82, 2.24) is 0 Å². The Labute approximate surface area is 73.6 Å². The van der Waals surface area contributed by atoms with Crippen molar-refractivity contribution >= 4 is 5.78 Å². The number of rotatable bonds is 5. The SMILES string of the molecule is C=CCCCC(=O)C1CCCO1. The van der Waals surface area contributed by atoms with Crippen molar-refractivity contribution in [3.63, 3.8) is 0 Å². The van der Waals surface area contributed by atoms with Crippen molar-refractivity contribution < 1.29 is 9.53 Å². The third kappa shape index (κ3) is 2.78. The zero-order chi connectivity index (χ0) is 8.81. The van der Waals surface area contributed by atoms with Crippen molar-refractivity contribution in [2.24, 2.45) is 0 Å². The Balaban J connectivity index is 2.14. The van der Waals surface area contributed by atoms with E-state index in [9.17, 15) is 4.79 Å². The van der Waals surface area contributed by atoms with Crippen LogP contribution in [0.25, 0.3) is 0 Å². The summed E-state index contributed by atoms with van der Waals surface area (Å²) >= 11 is 0. The molecule has 0 amide bonds. The van der Waals surface area contributed by atoms with E-state index in [2.05, 4.69) is 6.58 Å². The number of allylic oxidation sites excluding steroid dienone is 1. The molecule has 1 rings (SSSR count). The highest BCUT2D eigenvalue weighted by atomic mass is 16.5. The molecule has 0 N–H and O–H groups in total. The first-order valence-electron chi connectivity index (χ1n) is 4.60. The zero-order valence-electron chi connectivity index (χ0n) is 7.42. The third-order valence-corrected chi connectivity index (χ3v) is 2.12. The van der Waals surface area contributed by atoms with Gasteiger partial charge in [-0.05, 0) is 25.7 Å². The maximum absolute atomic E-state index is 11.4. The van der Waals surface area contributed by atoms with Gasteiger partial charge < -0.3 is 4.74 Å². The first-order chi connectivity index (χ1) is 5.84. The number of unbranched alkanes of at least 4 members (excludes halogenated alkanes) is 1. The number of Topliss-reactive ketones (excluding diaryl/α,β-unsaturated/α-hetero) is 1. The third-order valence-electron chi connectivity index (χ3n) is 2.12. The lowest BCUT2D eigenvalue weighted by Gasteiger charge is -2.06. The number of hydrogen-bond donors (Lipinski definition) is 0. The molecule has 0 aromatic rings. The Kier molecular flexibility index (Phi) is 4.01. The highest BCUT2D eigenvalue weighted by molar-refractivity contribution is 5.83. The molecule has 1 saturated heterocycles. The van der Waals surface area contributed by atoms with Crippen LogP contribution in [0.3, 0.4) is 0 Å². The molecule has 0 bridgehead atoms. The van der Waals surface area contributed by atoms with E-state index in [0.717, 1.165) is 32.3 Å². The fraction of sp³-hybridized carbons (Fsp3) is 0.700. The second-order valence-corrected chi connectivity index (χ2v) is 3.15. The van der Waals surface area contributed by atoms with E-state index in [4.69, 9.17) is 4.74 Å². The zero-order valence-corrected chi connectivity index (χ0v) is 7.42. The first-order valence-corrected chi connectivity index (χ1v) is 4.60. The average Bonchev–Trinajstić information content (AvgIpc) is 2.56. The smallest absolute Gasteiger partial charge is 0.161 e. The monoisotopic (exact) mass is 168 g/mol. The molecule has 0 aromatic heterocycles. The second kappa shape index (κ2) is 5.09. The molecule has 0 radical (unpaired) electrons. The van der Waals surface area contributed by atoms with Crippen LogP contribution in [-0.4, -0.2) is 18.5 Å². The van der Waals surface area contributed by atoms with Gasteiger partial charge in [0.25, 0.3) is 0 Å². The van der Waals surface area contributed by atoms with Crippen LogP contribution in [0.5, 0.6) is 0 Å². The number of carbonyl (C=O) groups is 1. The van der Waals surface area contributed by atoms with Crippen LogP contribution in [0.2, 0.25) is 0 Å². The van der Waals surface area contributed by atoms with Gasteiger partial charge in [0, 0.05) is 13.0 Å². The molecule has 1 aliphatic rings. The molecule has 1 aliphatic heterocycles. The molecule has 68 valence electrons. The Morgan fingerprint density at radius 3 is 3.08 bits per heavy atom. The molecule has 2 heteroatoms. The maximum atomic E-state index is 11.4. The normalized spacial score (nSPS) is 22.5. The van der Waals surface area contributed by atoms with E-state index >= 15 is 0 Å². The molecule has 0 saturated carbocycles. The van der Waals surface area contributed by atoms with Crippen LogP contribution in [0.4, 0.5) is 0 Å². The highest BCUT2D eigenvalue weighted by Crippen LogP contribution is 2.15. The van der Waals surface area contributed by atoms with Gasteiger partial charge in [-0.2, -0.15) is 0 Å². The standard InChI is InChI=1S/C10H16O2/c1-2-3-4-6-9(11)10-7-5-8-12-10/h2,10H,1,3-8H2. The van der Waals surface area contributed by atoms with Crippen molar-refractivity contribution in [2.45, 2.75) is 38.2 Å². The lowest BCUT2D eigenvalue weighted by molar-refractivity contribution is -0.127. The van der Waals surface area contributed by atoms with Gasteiger partial charge in [0.2, 0.25) is 0 Å². The molecule has 1 atom stereocenters. The van der Waals surface area contributed by atoms with Crippen molar-refractivity contribution in [1.29, 1.82) is 0 Å². The van der Waals surface area contributed by atoms with E-state index in [1.165, 1.54) is 0 Å². The van der Waals surface area contributed by atoms with E-state index < -0.39 is 0 Å². The summed E-state index contributed by atoms with van der Waals surface area (Å²) in [6.45, 7) is 4.37. The quantitative estimate of drug-likeness (QED) is 0.464. The minimum atomic E-state index is -0.0881. The van der Waals surface area contributed by atoms with Gasteiger partial charge in [-0.15, -0.1) is 6.58 Å². The van der Waals surface area contributed by atoms with Crippen molar-refractivity contribution in [3.8, 4) is 0 Å². The fourth-order valence-electron chi connectivity index (χ4n) is 1.41. The first kappa shape index (κ1) is 9.46. The van der Waals surface area contributed by atoms with E-state index in [1.54, 1.807) is 0 Å². The van der Waals surface area contributed by atoms with Crippen LogP contribution >= 0.6 is 0 Å². The van der Waals surface area contributed by atoms with Gasteiger partial charge in [0.1, 0.15) is 6.10 Å². The lowest BCUT2D eigenvalue weighted by atomic mass is 10.1. The van der Waals surface area contributed by atoms with Crippen LogP contribution in [0.15, 0.2) is 12.7 Å². The molecule has 1 unspecified atom stereocenters. The summed E-state index contributed by atoms with van der Waals surface area (Å²) in [5.41, 5.74) is 0. The van der Waals surface area contributed by atoms with Crippen LogP contribution in [-0.2, 0) is 9.53 Å². The minimum Gasteiger partial charge on any atom is -0.370 e. The fourth-order valence-corrected chi connectivity index (χ4v) is 1.41. The van der Waals surface area contributed by atoms with Gasteiger partial charge in [0.15, 0.2) is 5.78 Å². The van der Waals surface area contributed by atoms with E-state index in [0.29, 0.717) is 6.42 Å². The summed E-state index contributed by atoms with van der Waals surface area (Å²) in [5, 5.41) is 0. The predicted molar refractivity (Wildman–Crippen MR) is 48.0 cm³/mol. The summed E-state index contributed by atoms with van der Waals surface area (Å²) < 4.78 is 5.27. The molecular weight excluding hydrogens is 152 g/mol. The van der Waals surface area contributed by atoms with Crippen molar-refractivity contribution in [2.75, 3.05) is 6.61 Å². The molecule has 0 aromatic carbocycles. The van der Waals surface area contributed by atoms with E-state index in [1.807, 2.05) is 6.08 Å². The number of ketones is 1. The van der Waals surface area contributed by atoms with E-state index in [-0.39, 0.29) is 11.9 Å². The summed E-state index contributed by atoms with van der Waals surface area (Å²) in [5.74, 6) is 0.273. The van der Waals surface area contributed by atoms with Gasteiger partial charge in [-0.1, -0.05) is 6.08 Å². The Morgan fingerprint density at radius 2 is 2.50 bits per heavy atom. The number of ether oxygens (including phenoxy) is 1. The van der Waals surface area contributed by atoms with Crippen LogP contribution in [0, 0.1) is 0 Å². The number of hydrogen-bond acceptors (Lipinski definition) is 2. The van der Waals surface area contributed by atoms with Crippen molar-refractivity contribution in [3.05, 3.63) is 12.7 Å². The second-order valence-electron chi connectivity index (χ2n) is 3.15.